The van der Waals surface area contributed by atoms with Gasteiger partial charge in [0.15, 0.2) is 0 Å². The zero-order valence-electron chi connectivity index (χ0n) is 13.3. The molecule has 0 aliphatic heterocycles. The van der Waals surface area contributed by atoms with Gasteiger partial charge in [-0.05, 0) is 49.8 Å². The molecule has 3 N–H and O–H groups in total. The van der Waals surface area contributed by atoms with E-state index in [0.29, 0.717) is 31.8 Å². The third kappa shape index (κ3) is 5.93. The molecule has 1 aromatic carbocycles. The Labute approximate surface area is 141 Å². The zero-order valence-corrected chi connectivity index (χ0v) is 14.1. The number of amides is 1. The predicted octanol–water partition coefficient (Wildman–Crippen LogP) is 1.36. The van der Waals surface area contributed by atoms with Gasteiger partial charge in [-0.3, -0.25) is 9.59 Å². The normalized spacial score (nSPS) is 14.3. The smallest absolute Gasteiger partial charge is 0.303 e. The van der Waals surface area contributed by atoms with Gasteiger partial charge in [0.2, 0.25) is 10.0 Å². The molecule has 132 valence electrons. The van der Waals surface area contributed by atoms with Crippen LogP contribution in [0.4, 0.5) is 0 Å². The molecular formula is C16H22N2O5S. The van der Waals surface area contributed by atoms with Gasteiger partial charge in [0.1, 0.15) is 0 Å². The lowest BCUT2D eigenvalue weighted by Gasteiger charge is -2.08. The summed E-state index contributed by atoms with van der Waals surface area (Å²) in [6, 6.07) is 5.89. The van der Waals surface area contributed by atoms with E-state index in [-0.39, 0.29) is 22.8 Å². The van der Waals surface area contributed by atoms with Crippen molar-refractivity contribution >= 4 is 21.9 Å². The van der Waals surface area contributed by atoms with Crippen molar-refractivity contribution in [3.05, 3.63) is 29.8 Å². The van der Waals surface area contributed by atoms with Crippen molar-refractivity contribution in [2.45, 2.75) is 37.0 Å². The topological polar surface area (TPSA) is 113 Å². The monoisotopic (exact) mass is 354 g/mol. The summed E-state index contributed by atoms with van der Waals surface area (Å²) in [4.78, 5) is 22.5. The van der Waals surface area contributed by atoms with Gasteiger partial charge in [0.05, 0.1) is 4.90 Å². The van der Waals surface area contributed by atoms with Crippen LogP contribution in [-0.4, -0.2) is 38.5 Å². The first kappa shape index (κ1) is 18.4. The third-order valence-electron chi connectivity index (χ3n) is 3.77. The number of carboxylic acid groups (broad SMARTS) is 1. The van der Waals surface area contributed by atoms with Gasteiger partial charge in [-0.2, -0.15) is 0 Å². The Morgan fingerprint density at radius 3 is 2.62 bits per heavy atom. The maximum atomic E-state index is 12.2. The van der Waals surface area contributed by atoms with Crippen LogP contribution in [0.15, 0.2) is 29.2 Å². The van der Waals surface area contributed by atoms with Crippen molar-refractivity contribution < 1.29 is 23.1 Å². The van der Waals surface area contributed by atoms with Crippen molar-refractivity contribution in [1.82, 2.24) is 10.0 Å². The summed E-state index contributed by atoms with van der Waals surface area (Å²) in [5, 5.41) is 11.2. The molecule has 1 amide bonds. The summed E-state index contributed by atoms with van der Waals surface area (Å²) < 4.78 is 27.0. The van der Waals surface area contributed by atoms with Crippen LogP contribution in [0.1, 0.15) is 42.5 Å². The van der Waals surface area contributed by atoms with Crippen molar-refractivity contribution in [2.24, 2.45) is 5.92 Å². The van der Waals surface area contributed by atoms with E-state index in [1.807, 2.05) is 0 Å². The number of carboxylic acids is 1. The van der Waals surface area contributed by atoms with Crippen LogP contribution in [0.25, 0.3) is 0 Å². The summed E-state index contributed by atoms with van der Waals surface area (Å²) in [6.07, 6.45) is 3.20. The first-order chi connectivity index (χ1) is 11.4. The Hall–Kier alpha value is -1.93. The van der Waals surface area contributed by atoms with E-state index in [9.17, 15) is 18.0 Å². The second-order valence-corrected chi connectivity index (χ2v) is 7.70. The van der Waals surface area contributed by atoms with Crippen LogP contribution in [-0.2, 0) is 14.8 Å². The minimum Gasteiger partial charge on any atom is -0.481 e. The molecule has 0 atom stereocenters. The molecule has 0 aromatic heterocycles. The summed E-state index contributed by atoms with van der Waals surface area (Å²) >= 11 is 0. The Balaban J connectivity index is 1.88. The molecule has 0 spiro atoms. The van der Waals surface area contributed by atoms with Gasteiger partial charge in [-0.1, -0.05) is 6.07 Å². The average Bonchev–Trinajstić information content (AvgIpc) is 3.37. The Morgan fingerprint density at radius 1 is 1.21 bits per heavy atom. The molecule has 0 bridgehead atoms. The predicted molar refractivity (Wildman–Crippen MR) is 88.2 cm³/mol. The standard InChI is InChI=1S/C16H22N2O5S/c19-15(20)6-1-2-9-17-16(21)13-4-3-5-14(10-13)24(22,23)18-11-12-7-8-12/h3-5,10,12,18H,1-2,6-9,11H2,(H,17,21)(H,19,20). The van der Waals surface area contributed by atoms with Crippen LogP contribution >= 0.6 is 0 Å². The van der Waals surface area contributed by atoms with Crippen LogP contribution < -0.4 is 10.0 Å². The number of sulfonamides is 1. The number of carbonyl (C=O) groups excluding carboxylic acids is 1. The molecule has 1 fully saturated rings. The number of nitrogens with one attached hydrogen (secondary N) is 2. The molecule has 0 heterocycles. The highest BCUT2D eigenvalue weighted by molar-refractivity contribution is 7.89. The van der Waals surface area contributed by atoms with Gasteiger partial charge in [-0.25, -0.2) is 13.1 Å². The largest absolute Gasteiger partial charge is 0.481 e. The van der Waals surface area contributed by atoms with Gasteiger partial charge in [0, 0.05) is 25.1 Å². The molecule has 2 rings (SSSR count). The van der Waals surface area contributed by atoms with Crippen LogP contribution in [0.3, 0.4) is 0 Å². The minimum absolute atomic E-state index is 0.0657. The summed E-state index contributed by atoms with van der Waals surface area (Å²) in [7, 11) is -3.61. The molecule has 1 aliphatic carbocycles. The van der Waals surface area contributed by atoms with Crippen molar-refractivity contribution in [3.63, 3.8) is 0 Å². The Bertz CT molecular complexity index is 698. The van der Waals surface area contributed by atoms with Crippen molar-refractivity contribution in [2.75, 3.05) is 13.1 Å². The maximum Gasteiger partial charge on any atom is 0.303 e. The molecule has 1 saturated carbocycles. The number of aliphatic carboxylic acids is 1. The van der Waals surface area contributed by atoms with Gasteiger partial charge >= 0.3 is 5.97 Å². The number of benzene rings is 1. The lowest BCUT2D eigenvalue weighted by Crippen LogP contribution is -2.27. The molecular weight excluding hydrogens is 332 g/mol. The number of hydrogen-bond donors (Lipinski definition) is 3. The molecule has 0 unspecified atom stereocenters. The summed E-state index contributed by atoms with van der Waals surface area (Å²) in [5.74, 6) is -0.806. The van der Waals surface area contributed by atoms with Gasteiger partial charge in [0.25, 0.3) is 5.91 Å². The van der Waals surface area contributed by atoms with Gasteiger partial charge in [-0.15, -0.1) is 0 Å². The Kier molecular flexibility index (Phi) is 6.33. The van der Waals surface area contributed by atoms with Crippen LogP contribution in [0.2, 0.25) is 0 Å². The SMILES string of the molecule is O=C(O)CCCCNC(=O)c1cccc(S(=O)(=O)NCC2CC2)c1. The highest BCUT2D eigenvalue weighted by atomic mass is 32.2. The maximum absolute atomic E-state index is 12.2. The number of hydrogen-bond acceptors (Lipinski definition) is 4. The first-order valence-corrected chi connectivity index (χ1v) is 9.46. The molecule has 0 saturated heterocycles. The minimum atomic E-state index is -3.61. The van der Waals surface area contributed by atoms with Gasteiger partial charge < -0.3 is 10.4 Å². The van der Waals surface area contributed by atoms with Crippen LogP contribution in [0, 0.1) is 5.92 Å². The number of unbranched alkanes of at least 4 members (excludes halogenated alkanes) is 1. The lowest BCUT2D eigenvalue weighted by atomic mass is 10.2. The lowest BCUT2D eigenvalue weighted by molar-refractivity contribution is -0.137. The fourth-order valence-electron chi connectivity index (χ4n) is 2.14. The molecule has 1 aromatic rings. The summed E-state index contributed by atoms with van der Waals surface area (Å²) in [5.41, 5.74) is 0.266. The fourth-order valence-corrected chi connectivity index (χ4v) is 3.30. The zero-order chi connectivity index (χ0) is 17.6. The van der Waals surface area contributed by atoms with Crippen LogP contribution in [0.5, 0.6) is 0 Å². The molecule has 0 radical (unpaired) electrons. The highest BCUT2D eigenvalue weighted by Crippen LogP contribution is 2.28. The third-order valence-corrected chi connectivity index (χ3v) is 5.19. The summed E-state index contributed by atoms with van der Waals surface area (Å²) in [6.45, 7) is 0.783. The molecule has 8 heteroatoms. The highest BCUT2D eigenvalue weighted by Gasteiger charge is 2.24. The fraction of sp³-hybridized carbons (Fsp3) is 0.500. The molecule has 7 nitrogen and oxygen atoms in total. The van der Waals surface area contributed by atoms with E-state index in [1.165, 1.54) is 18.2 Å². The van der Waals surface area contributed by atoms with E-state index in [1.54, 1.807) is 6.07 Å². The number of carbonyl (C=O) groups is 2. The van der Waals surface area contributed by atoms with Crippen molar-refractivity contribution in [3.8, 4) is 0 Å². The molecule has 1 aliphatic rings. The van der Waals surface area contributed by atoms with E-state index < -0.39 is 16.0 Å². The quantitative estimate of drug-likeness (QED) is 0.549. The second kappa shape index (κ2) is 8.25. The first-order valence-electron chi connectivity index (χ1n) is 7.98. The second-order valence-electron chi connectivity index (χ2n) is 5.93. The Morgan fingerprint density at radius 2 is 1.96 bits per heavy atom. The van der Waals surface area contributed by atoms with E-state index in [4.69, 9.17) is 5.11 Å². The van der Waals surface area contributed by atoms with E-state index >= 15 is 0 Å². The molecule has 24 heavy (non-hydrogen) atoms. The van der Waals surface area contributed by atoms with Crippen molar-refractivity contribution in [1.29, 1.82) is 0 Å². The van der Waals surface area contributed by atoms with E-state index in [2.05, 4.69) is 10.0 Å². The number of rotatable bonds is 10. The average molecular weight is 354 g/mol. The van der Waals surface area contributed by atoms with E-state index in [0.717, 1.165) is 12.8 Å².